The van der Waals surface area contributed by atoms with Crippen molar-refractivity contribution in [3.8, 4) is 0 Å². The van der Waals surface area contributed by atoms with E-state index in [0.717, 1.165) is 11.1 Å². The molecule has 0 amide bonds. The summed E-state index contributed by atoms with van der Waals surface area (Å²) >= 11 is 5.81. The predicted molar refractivity (Wildman–Crippen MR) is 74.5 cm³/mol. The first-order valence-corrected chi connectivity index (χ1v) is 6.27. The molecular weight excluding hydrogens is 246 g/mol. The average molecular weight is 262 g/mol. The fraction of sp³-hybridized carbons (Fsp3) is 0.200. The van der Waals surface area contributed by atoms with Gasteiger partial charge in [0.05, 0.1) is 6.10 Å². The van der Waals surface area contributed by atoms with Crippen molar-refractivity contribution in [2.75, 3.05) is 0 Å². The van der Waals surface area contributed by atoms with Crippen molar-refractivity contribution in [1.82, 2.24) is 0 Å². The summed E-state index contributed by atoms with van der Waals surface area (Å²) in [7, 11) is 0. The summed E-state index contributed by atoms with van der Waals surface area (Å²) in [6.07, 6.45) is -0.0348. The van der Waals surface area contributed by atoms with Crippen molar-refractivity contribution in [3.63, 3.8) is 0 Å². The molecule has 0 fully saturated rings. The third kappa shape index (κ3) is 3.33. The van der Waals surface area contributed by atoms with Gasteiger partial charge < -0.3 is 10.8 Å². The first kappa shape index (κ1) is 13.1. The molecule has 0 saturated heterocycles. The van der Waals surface area contributed by atoms with E-state index in [-0.39, 0.29) is 6.04 Å². The highest BCUT2D eigenvalue weighted by atomic mass is 35.5. The Morgan fingerprint density at radius 1 is 1.00 bits per heavy atom. The largest absolute Gasteiger partial charge is 0.387 e. The second-order valence-electron chi connectivity index (χ2n) is 4.35. The minimum atomic E-state index is -0.678. The predicted octanol–water partition coefficient (Wildman–Crippen LogP) is 2.94. The molecule has 0 aliphatic carbocycles. The van der Waals surface area contributed by atoms with Crippen molar-refractivity contribution in [1.29, 1.82) is 0 Å². The summed E-state index contributed by atoms with van der Waals surface area (Å²) < 4.78 is 0. The van der Waals surface area contributed by atoms with Gasteiger partial charge in [-0.25, -0.2) is 0 Å². The number of nitrogens with two attached hydrogens (primary N) is 1. The molecule has 3 heteroatoms. The molecule has 0 saturated carbocycles. The second kappa shape index (κ2) is 6.01. The van der Waals surface area contributed by atoms with E-state index in [9.17, 15) is 5.11 Å². The van der Waals surface area contributed by atoms with Crippen LogP contribution in [-0.4, -0.2) is 11.1 Å². The maximum Gasteiger partial charge on any atom is 0.0944 e. The van der Waals surface area contributed by atoms with Crippen molar-refractivity contribution in [3.05, 3.63) is 70.7 Å². The Morgan fingerprint density at radius 2 is 1.61 bits per heavy atom. The third-order valence-corrected chi connectivity index (χ3v) is 3.18. The molecule has 0 aliphatic rings. The summed E-state index contributed by atoms with van der Waals surface area (Å²) in [4.78, 5) is 0. The van der Waals surface area contributed by atoms with Crippen LogP contribution in [0.1, 0.15) is 17.2 Å². The summed E-state index contributed by atoms with van der Waals surface area (Å²) in [5.74, 6) is 0. The van der Waals surface area contributed by atoms with Crippen LogP contribution in [0.15, 0.2) is 54.6 Å². The van der Waals surface area contributed by atoms with Crippen molar-refractivity contribution >= 4 is 11.6 Å². The molecule has 0 heterocycles. The fourth-order valence-electron chi connectivity index (χ4n) is 1.91. The summed E-state index contributed by atoms with van der Waals surface area (Å²) in [5, 5.41) is 10.8. The summed E-state index contributed by atoms with van der Waals surface area (Å²) in [6.45, 7) is 0. The Morgan fingerprint density at radius 3 is 2.22 bits per heavy atom. The monoisotopic (exact) mass is 261 g/mol. The van der Waals surface area contributed by atoms with Crippen LogP contribution in [0.5, 0.6) is 0 Å². The number of rotatable bonds is 4. The fourth-order valence-corrected chi connectivity index (χ4v) is 2.03. The van der Waals surface area contributed by atoms with Crippen LogP contribution in [0, 0.1) is 0 Å². The van der Waals surface area contributed by atoms with Gasteiger partial charge in [-0.2, -0.15) is 0 Å². The Bertz CT molecular complexity index is 484. The van der Waals surface area contributed by atoms with Gasteiger partial charge in [0.15, 0.2) is 0 Å². The molecule has 2 nitrogen and oxygen atoms in total. The van der Waals surface area contributed by atoms with E-state index >= 15 is 0 Å². The van der Waals surface area contributed by atoms with Gasteiger partial charge in [-0.15, -0.1) is 0 Å². The molecule has 2 rings (SSSR count). The van der Waals surface area contributed by atoms with Crippen LogP contribution < -0.4 is 5.73 Å². The minimum absolute atomic E-state index is 0.325. The molecule has 0 bridgehead atoms. The average Bonchev–Trinajstić information content (AvgIpc) is 2.40. The van der Waals surface area contributed by atoms with Crippen LogP contribution in [-0.2, 0) is 6.42 Å². The number of benzene rings is 2. The molecule has 3 N–H and O–H groups in total. The minimum Gasteiger partial charge on any atom is -0.387 e. The standard InChI is InChI=1S/C15H16ClNO/c16-13-8-6-12(7-9-13)15(18)14(17)10-11-4-2-1-3-5-11/h1-9,14-15,18H,10,17H2. The van der Waals surface area contributed by atoms with Crippen LogP contribution in [0.25, 0.3) is 0 Å². The summed E-state index contributed by atoms with van der Waals surface area (Å²) in [5.41, 5.74) is 7.95. The van der Waals surface area contributed by atoms with Crippen LogP contribution >= 0.6 is 11.6 Å². The molecule has 0 radical (unpaired) electrons. The van der Waals surface area contributed by atoms with Gasteiger partial charge in [0.1, 0.15) is 0 Å². The highest BCUT2D eigenvalue weighted by Crippen LogP contribution is 2.20. The highest BCUT2D eigenvalue weighted by molar-refractivity contribution is 6.30. The molecule has 2 unspecified atom stereocenters. The quantitative estimate of drug-likeness (QED) is 0.889. The number of halogens is 1. The lowest BCUT2D eigenvalue weighted by Crippen LogP contribution is -2.30. The van der Waals surface area contributed by atoms with Crippen LogP contribution in [0.2, 0.25) is 5.02 Å². The Kier molecular flexibility index (Phi) is 4.37. The zero-order chi connectivity index (χ0) is 13.0. The lowest BCUT2D eigenvalue weighted by Gasteiger charge is -2.19. The SMILES string of the molecule is NC(Cc1ccccc1)C(O)c1ccc(Cl)cc1. The van der Waals surface area contributed by atoms with E-state index in [1.54, 1.807) is 24.3 Å². The van der Waals surface area contributed by atoms with Crippen molar-refractivity contribution in [2.24, 2.45) is 5.73 Å². The van der Waals surface area contributed by atoms with Gasteiger partial charge in [0, 0.05) is 11.1 Å². The van der Waals surface area contributed by atoms with E-state index in [1.165, 1.54) is 0 Å². The van der Waals surface area contributed by atoms with Gasteiger partial charge in [-0.05, 0) is 29.7 Å². The smallest absolute Gasteiger partial charge is 0.0944 e. The zero-order valence-electron chi connectivity index (χ0n) is 9.96. The number of hydrogen-bond donors (Lipinski definition) is 2. The molecule has 18 heavy (non-hydrogen) atoms. The normalized spacial score (nSPS) is 14.2. The van der Waals surface area contributed by atoms with E-state index < -0.39 is 6.10 Å². The highest BCUT2D eigenvalue weighted by Gasteiger charge is 2.17. The second-order valence-corrected chi connectivity index (χ2v) is 4.79. The van der Waals surface area contributed by atoms with E-state index in [2.05, 4.69) is 0 Å². The van der Waals surface area contributed by atoms with E-state index in [1.807, 2.05) is 30.3 Å². The van der Waals surface area contributed by atoms with Gasteiger partial charge in [-0.3, -0.25) is 0 Å². The molecule has 2 aromatic rings. The molecule has 2 aromatic carbocycles. The first-order valence-electron chi connectivity index (χ1n) is 5.90. The van der Waals surface area contributed by atoms with Gasteiger partial charge in [0.25, 0.3) is 0 Å². The molecule has 0 aromatic heterocycles. The van der Waals surface area contributed by atoms with Crippen molar-refractivity contribution in [2.45, 2.75) is 18.6 Å². The Labute approximate surface area is 112 Å². The Hall–Kier alpha value is -1.35. The Balaban J connectivity index is 2.05. The molecule has 0 spiro atoms. The van der Waals surface area contributed by atoms with Crippen LogP contribution in [0.4, 0.5) is 0 Å². The lowest BCUT2D eigenvalue weighted by atomic mass is 9.97. The van der Waals surface area contributed by atoms with Crippen LogP contribution in [0.3, 0.4) is 0 Å². The third-order valence-electron chi connectivity index (χ3n) is 2.93. The van der Waals surface area contributed by atoms with Gasteiger partial charge in [0.2, 0.25) is 0 Å². The van der Waals surface area contributed by atoms with Gasteiger partial charge >= 0.3 is 0 Å². The molecule has 94 valence electrons. The lowest BCUT2D eigenvalue weighted by molar-refractivity contribution is 0.146. The summed E-state index contributed by atoms with van der Waals surface area (Å²) in [6, 6.07) is 16.7. The molecular formula is C15H16ClNO. The zero-order valence-corrected chi connectivity index (χ0v) is 10.7. The maximum atomic E-state index is 10.2. The van der Waals surface area contributed by atoms with E-state index in [4.69, 9.17) is 17.3 Å². The van der Waals surface area contributed by atoms with Gasteiger partial charge in [-0.1, -0.05) is 54.1 Å². The topological polar surface area (TPSA) is 46.2 Å². The maximum absolute atomic E-state index is 10.2. The first-order chi connectivity index (χ1) is 8.66. The molecule has 2 atom stereocenters. The molecule has 0 aliphatic heterocycles. The number of hydrogen-bond acceptors (Lipinski definition) is 2. The number of aliphatic hydroxyl groups excluding tert-OH is 1. The number of aliphatic hydroxyl groups is 1. The van der Waals surface area contributed by atoms with Crippen molar-refractivity contribution < 1.29 is 5.11 Å². The van der Waals surface area contributed by atoms with E-state index in [0.29, 0.717) is 11.4 Å².